The van der Waals surface area contributed by atoms with Crippen molar-refractivity contribution in [3.8, 4) is 11.5 Å². The van der Waals surface area contributed by atoms with E-state index in [4.69, 9.17) is 21.7 Å². The summed E-state index contributed by atoms with van der Waals surface area (Å²) < 4.78 is 23.7. The summed E-state index contributed by atoms with van der Waals surface area (Å²) in [7, 11) is 3.06. The largest absolute Gasteiger partial charge is 0.497 e. The van der Waals surface area contributed by atoms with Crippen molar-refractivity contribution >= 4 is 46.2 Å². The normalized spacial score (nSPS) is 15.1. The first-order chi connectivity index (χ1) is 13.4. The molecule has 0 spiro atoms. The Hall–Kier alpha value is -2.91. The highest BCUT2D eigenvalue weighted by Crippen LogP contribution is 2.34. The number of methoxy groups -OCH3 is 2. The number of rotatable bonds is 5. The molecule has 0 bridgehead atoms. The number of benzene rings is 2. The molecule has 3 rings (SSSR count). The van der Waals surface area contributed by atoms with Crippen molar-refractivity contribution < 1.29 is 23.5 Å². The monoisotopic (exact) mass is 418 g/mol. The molecule has 0 unspecified atom stereocenters. The average molecular weight is 418 g/mol. The van der Waals surface area contributed by atoms with Gasteiger partial charge in [-0.15, -0.1) is 0 Å². The van der Waals surface area contributed by atoms with Crippen molar-refractivity contribution in [1.82, 2.24) is 10.4 Å². The number of halogens is 1. The Kier molecular flexibility index (Phi) is 5.96. The first-order valence-corrected chi connectivity index (χ1v) is 9.22. The summed E-state index contributed by atoms with van der Waals surface area (Å²) >= 11 is 6.25. The first kappa shape index (κ1) is 19.8. The van der Waals surface area contributed by atoms with Crippen LogP contribution in [0.5, 0.6) is 11.5 Å². The molecule has 144 valence electrons. The highest BCUT2D eigenvalue weighted by atomic mass is 32.2. The van der Waals surface area contributed by atoms with Gasteiger partial charge in [-0.2, -0.15) is 5.01 Å². The number of nitrogens with one attached hydrogen (secondary N) is 1. The molecule has 1 fully saturated rings. The van der Waals surface area contributed by atoms with Crippen LogP contribution >= 0.6 is 24.0 Å². The summed E-state index contributed by atoms with van der Waals surface area (Å²) in [5.74, 6) is -0.352. The van der Waals surface area contributed by atoms with Crippen molar-refractivity contribution in [3.63, 3.8) is 0 Å². The minimum atomic E-state index is -0.570. The van der Waals surface area contributed by atoms with Crippen LogP contribution < -0.4 is 14.9 Å². The summed E-state index contributed by atoms with van der Waals surface area (Å²) in [6.07, 6.45) is 1.63. The Morgan fingerprint density at radius 1 is 1.18 bits per heavy atom. The molecule has 28 heavy (non-hydrogen) atoms. The predicted octanol–water partition coefficient (Wildman–Crippen LogP) is 3.39. The fourth-order valence-corrected chi connectivity index (χ4v) is 3.58. The van der Waals surface area contributed by atoms with Gasteiger partial charge < -0.3 is 9.47 Å². The van der Waals surface area contributed by atoms with Crippen LogP contribution in [0.2, 0.25) is 0 Å². The summed E-state index contributed by atoms with van der Waals surface area (Å²) in [4.78, 5) is 25.3. The van der Waals surface area contributed by atoms with E-state index in [0.717, 1.165) is 28.9 Å². The number of hydrazine groups is 1. The second-order valence-corrected chi connectivity index (χ2v) is 7.25. The van der Waals surface area contributed by atoms with E-state index in [9.17, 15) is 14.0 Å². The van der Waals surface area contributed by atoms with Crippen molar-refractivity contribution in [2.24, 2.45) is 0 Å². The molecule has 0 aromatic heterocycles. The first-order valence-electron chi connectivity index (χ1n) is 7.99. The van der Waals surface area contributed by atoms with E-state index in [1.807, 2.05) is 0 Å². The number of ether oxygens (including phenoxy) is 2. The van der Waals surface area contributed by atoms with Gasteiger partial charge in [0.25, 0.3) is 11.8 Å². The minimum Gasteiger partial charge on any atom is -0.497 e. The molecule has 2 aromatic rings. The van der Waals surface area contributed by atoms with E-state index in [0.29, 0.717) is 22.0 Å². The zero-order valence-electron chi connectivity index (χ0n) is 14.9. The quantitative estimate of drug-likeness (QED) is 0.593. The van der Waals surface area contributed by atoms with Gasteiger partial charge >= 0.3 is 0 Å². The number of thiocarbonyl (C=S) groups is 1. The molecule has 0 saturated carbocycles. The fraction of sp³-hybridized carbons (Fsp3) is 0.105. The molecule has 1 saturated heterocycles. The van der Waals surface area contributed by atoms with Gasteiger partial charge in [0.05, 0.1) is 19.1 Å². The Morgan fingerprint density at radius 3 is 2.54 bits per heavy atom. The average Bonchev–Trinajstić information content (AvgIpc) is 2.96. The Labute approximate surface area is 170 Å². The van der Waals surface area contributed by atoms with Crippen LogP contribution in [-0.2, 0) is 4.79 Å². The summed E-state index contributed by atoms with van der Waals surface area (Å²) in [5, 5.41) is 0.994. The van der Waals surface area contributed by atoms with Crippen molar-refractivity contribution in [2.75, 3.05) is 14.2 Å². The lowest BCUT2D eigenvalue weighted by Gasteiger charge is -2.15. The molecule has 1 aliphatic rings. The van der Waals surface area contributed by atoms with Gasteiger partial charge in [-0.05, 0) is 54.7 Å². The standard InChI is InChI=1S/C19H15FN2O4S2/c1-25-14-8-5-12(15(10-14)26-2)9-16-18(24)22(19(27)28-16)21-17(23)11-3-6-13(20)7-4-11/h3-10H,1-2H3,(H,21,23)/b16-9-. The van der Waals surface area contributed by atoms with E-state index in [1.54, 1.807) is 31.4 Å². The molecule has 0 aliphatic carbocycles. The molecular weight excluding hydrogens is 403 g/mol. The van der Waals surface area contributed by atoms with Crippen LogP contribution in [0.4, 0.5) is 4.39 Å². The van der Waals surface area contributed by atoms with Gasteiger partial charge in [-0.1, -0.05) is 11.8 Å². The topological polar surface area (TPSA) is 67.9 Å². The third kappa shape index (κ3) is 4.15. The van der Waals surface area contributed by atoms with E-state index < -0.39 is 17.6 Å². The highest BCUT2D eigenvalue weighted by Gasteiger charge is 2.34. The van der Waals surface area contributed by atoms with Crippen LogP contribution in [0.3, 0.4) is 0 Å². The number of hydrogen-bond donors (Lipinski definition) is 1. The molecule has 0 radical (unpaired) electrons. The maximum Gasteiger partial charge on any atom is 0.285 e. The SMILES string of the molecule is COc1ccc(/C=C2\SC(=S)N(NC(=O)c3ccc(F)cc3)C2=O)c(OC)c1. The van der Waals surface area contributed by atoms with Gasteiger partial charge in [0.2, 0.25) is 0 Å². The van der Waals surface area contributed by atoms with E-state index in [2.05, 4.69) is 5.43 Å². The maximum atomic E-state index is 13.0. The molecule has 1 heterocycles. The molecule has 1 aliphatic heterocycles. The lowest BCUT2D eigenvalue weighted by atomic mass is 10.1. The van der Waals surface area contributed by atoms with E-state index in [1.165, 1.54) is 19.2 Å². The summed E-state index contributed by atoms with van der Waals surface area (Å²) in [5.41, 5.74) is 3.31. The van der Waals surface area contributed by atoms with Crippen LogP contribution in [0.15, 0.2) is 47.4 Å². The number of amides is 2. The van der Waals surface area contributed by atoms with Gasteiger partial charge in [0.1, 0.15) is 17.3 Å². The molecule has 0 atom stereocenters. The number of carbonyl (C=O) groups excluding carboxylic acids is 2. The maximum absolute atomic E-state index is 13.0. The number of nitrogens with zero attached hydrogens (tertiary/aromatic N) is 1. The predicted molar refractivity (Wildman–Crippen MR) is 108 cm³/mol. The summed E-state index contributed by atoms with van der Waals surface area (Å²) in [6, 6.07) is 10.2. The lowest BCUT2D eigenvalue weighted by Crippen LogP contribution is -2.44. The fourth-order valence-electron chi connectivity index (χ4n) is 2.41. The van der Waals surface area contributed by atoms with Crippen molar-refractivity contribution in [3.05, 3.63) is 64.3 Å². The third-order valence-electron chi connectivity index (χ3n) is 3.84. The molecular formula is C19H15FN2O4S2. The molecule has 2 amide bonds. The van der Waals surface area contributed by atoms with E-state index in [-0.39, 0.29) is 9.88 Å². The zero-order chi connectivity index (χ0) is 20.3. The van der Waals surface area contributed by atoms with Gasteiger partial charge in [-0.3, -0.25) is 15.0 Å². The zero-order valence-corrected chi connectivity index (χ0v) is 16.5. The molecule has 6 nitrogen and oxygen atoms in total. The number of hydrogen-bond acceptors (Lipinski definition) is 6. The number of thioether (sulfide) groups is 1. The Bertz CT molecular complexity index is 976. The van der Waals surface area contributed by atoms with E-state index >= 15 is 0 Å². The second-order valence-electron chi connectivity index (χ2n) is 5.57. The van der Waals surface area contributed by atoms with Crippen LogP contribution in [0, 0.1) is 5.82 Å². The van der Waals surface area contributed by atoms with Gasteiger partial charge in [0, 0.05) is 17.2 Å². The number of carbonyl (C=O) groups is 2. The second kappa shape index (κ2) is 8.41. The van der Waals surface area contributed by atoms with Crippen LogP contribution in [-0.4, -0.2) is 35.4 Å². The van der Waals surface area contributed by atoms with Gasteiger partial charge in [0.15, 0.2) is 4.32 Å². The third-order valence-corrected chi connectivity index (χ3v) is 5.14. The van der Waals surface area contributed by atoms with Gasteiger partial charge in [-0.25, -0.2) is 4.39 Å². The minimum absolute atomic E-state index is 0.180. The Balaban J connectivity index is 1.80. The smallest absolute Gasteiger partial charge is 0.285 e. The summed E-state index contributed by atoms with van der Waals surface area (Å²) in [6.45, 7) is 0. The van der Waals surface area contributed by atoms with Crippen molar-refractivity contribution in [2.45, 2.75) is 0 Å². The molecule has 2 aromatic carbocycles. The Morgan fingerprint density at radius 2 is 1.89 bits per heavy atom. The molecule has 9 heteroatoms. The van der Waals surface area contributed by atoms with Crippen molar-refractivity contribution in [1.29, 1.82) is 0 Å². The lowest BCUT2D eigenvalue weighted by molar-refractivity contribution is -0.123. The van der Waals surface area contributed by atoms with Crippen LogP contribution in [0.1, 0.15) is 15.9 Å². The molecule has 1 N–H and O–H groups in total. The highest BCUT2D eigenvalue weighted by molar-refractivity contribution is 8.26. The van der Waals surface area contributed by atoms with Crippen LogP contribution in [0.25, 0.3) is 6.08 Å².